The molecule has 4 rings (SSSR count). The van der Waals surface area contributed by atoms with Crippen molar-refractivity contribution in [3.05, 3.63) is 48.0 Å². The Morgan fingerprint density at radius 2 is 1.88 bits per heavy atom. The maximum atomic E-state index is 12.2. The number of aliphatic imine (C=N–C) groups is 1. The number of ether oxygens (including phenoxy) is 2. The fraction of sp³-hybridized carbons (Fsp3) is 0.176. The molecule has 122 valence electrons. The molecule has 2 aromatic rings. The van der Waals surface area contributed by atoms with Crippen molar-refractivity contribution < 1.29 is 14.3 Å². The maximum Gasteiger partial charge on any atom is 0.323 e. The van der Waals surface area contributed by atoms with Gasteiger partial charge in [0.1, 0.15) is 0 Å². The summed E-state index contributed by atoms with van der Waals surface area (Å²) in [5.74, 6) is -0.989. The number of anilines is 3. The highest BCUT2D eigenvalue weighted by Crippen LogP contribution is 2.46. The minimum Gasteiger partial charge on any atom is -0.399 e. The van der Waals surface area contributed by atoms with E-state index in [2.05, 4.69) is 15.6 Å². The summed E-state index contributed by atoms with van der Waals surface area (Å²) in [7, 11) is 0. The van der Waals surface area contributed by atoms with Crippen molar-refractivity contribution in [2.45, 2.75) is 5.79 Å². The zero-order valence-corrected chi connectivity index (χ0v) is 12.8. The molecule has 7 nitrogen and oxygen atoms in total. The van der Waals surface area contributed by atoms with Gasteiger partial charge in [-0.2, -0.15) is 0 Å². The molecule has 0 aromatic heterocycles. The molecule has 2 aromatic carbocycles. The van der Waals surface area contributed by atoms with Gasteiger partial charge in [0, 0.05) is 16.9 Å². The molecule has 0 unspecified atom stereocenters. The Bertz CT molecular complexity index is 814. The molecule has 24 heavy (non-hydrogen) atoms. The minimum atomic E-state index is -0.989. The normalized spacial score (nSPS) is 17.0. The smallest absolute Gasteiger partial charge is 0.323 e. The molecular weight excluding hydrogens is 308 g/mol. The van der Waals surface area contributed by atoms with E-state index in [1.165, 1.54) is 0 Å². The van der Waals surface area contributed by atoms with Crippen molar-refractivity contribution in [1.82, 2.24) is 0 Å². The first-order valence-corrected chi connectivity index (χ1v) is 7.56. The summed E-state index contributed by atoms with van der Waals surface area (Å²) < 4.78 is 11.4. The van der Waals surface area contributed by atoms with Gasteiger partial charge in [-0.15, -0.1) is 0 Å². The van der Waals surface area contributed by atoms with Crippen LogP contribution in [0, 0.1) is 0 Å². The topological polar surface area (TPSA) is 98.0 Å². The Morgan fingerprint density at radius 1 is 1.12 bits per heavy atom. The Morgan fingerprint density at radius 3 is 2.62 bits per heavy atom. The van der Waals surface area contributed by atoms with E-state index in [1.54, 1.807) is 30.5 Å². The van der Waals surface area contributed by atoms with Crippen molar-refractivity contribution in [2.24, 2.45) is 4.99 Å². The lowest BCUT2D eigenvalue weighted by Gasteiger charge is -2.21. The first-order valence-electron chi connectivity index (χ1n) is 7.56. The zero-order valence-electron chi connectivity index (χ0n) is 12.8. The van der Waals surface area contributed by atoms with Crippen LogP contribution in [-0.4, -0.2) is 25.5 Å². The summed E-state index contributed by atoms with van der Waals surface area (Å²) in [6, 6.07) is 12.2. The average molecular weight is 324 g/mol. The van der Waals surface area contributed by atoms with E-state index in [-0.39, 0.29) is 6.03 Å². The minimum absolute atomic E-state index is 0.376. The number of nitrogens with two attached hydrogens (primary N) is 1. The molecule has 7 heteroatoms. The van der Waals surface area contributed by atoms with Crippen LogP contribution < -0.4 is 16.4 Å². The SMILES string of the molecule is Nc1cc(NC(=O)Nc2ccccc2)c2c(c1)C1(C=N2)OCCO1. The first-order chi connectivity index (χ1) is 11.7. The number of rotatable bonds is 2. The van der Waals surface area contributed by atoms with Crippen molar-refractivity contribution >= 4 is 35.0 Å². The van der Waals surface area contributed by atoms with Crippen molar-refractivity contribution in [3.8, 4) is 0 Å². The van der Waals surface area contributed by atoms with Crippen LogP contribution in [0.2, 0.25) is 0 Å². The lowest BCUT2D eigenvalue weighted by Crippen LogP contribution is -2.26. The number of nitrogens with zero attached hydrogens (tertiary/aromatic N) is 1. The van der Waals surface area contributed by atoms with E-state index in [1.807, 2.05) is 18.2 Å². The molecule has 1 spiro atoms. The molecule has 0 atom stereocenters. The quantitative estimate of drug-likeness (QED) is 0.740. The molecule has 2 amide bonds. The first kappa shape index (κ1) is 14.7. The predicted octanol–water partition coefficient (Wildman–Crippen LogP) is 2.83. The van der Waals surface area contributed by atoms with Crippen LogP contribution in [0.25, 0.3) is 0 Å². The highest BCUT2D eigenvalue weighted by atomic mass is 16.7. The van der Waals surface area contributed by atoms with Crippen molar-refractivity contribution in [1.29, 1.82) is 0 Å². The second-order valence-electron chi connectivity index (χ2n) is 5.53. The number of hydrogen-bond donors (Lipinski definition) is 3. The number of nitrogen functional groups attached to an aromatic ring is 1. The van der Waals surface area contributed by atoms with Gasteiger partial charge >= 0.3 is 6.03 Å². The molecular formula is C17H16N4O3. The summed E-state index contributed by atoms with van der Waals surface area (Å²) in [6.45, 7) is 0.967. The number of benzene rings is 2. The van der Waals surface area contributed by atoms with Gasteiger partial charge < -0.3 is 25.8 Å². The van der Waals surface area contributed by atoms with Crippen LogP contribution in [0.15, 0.2) is 47.5 Å². The largest absolute Gasteiger partial charge is 0.399 e. The van der Waals surface area contributed by atoms with Gasteiger partial charge in [0.15, 0.2) is 0 Å². The van der Waals surface area contributed by atoms with E-state index < -0.39 is 5.79 Å². The Kier molecular flexibility index (Phi) is 3.44. The third-order valence-electron chi connectivity index (χ3n) is 3.87. The molecule has 2 aliphatic heterocycles. The fourth-order valence-electron chi connectivity index (χ4n) is 2.84. The van der Waals surface area contributed by atoms with E-state index in [0.29, 0.717) is 41.5 Å². The Balaban J connectivity index is 1.61. The number of urea groups is 1. The predicted molar refractivity (Wildman–Crippen MR) is 91.7 cm³/mol. The third kappa shape index (κ3) is 2.49. The molecule has 0 saturated carbocycles. The number of para-hydroxylation sites is 1. The number of nitrogens with one attached hydrogen (secondary N) is 2. The maximum absolute atomic E-state index is 12.2. The molecule has 1 saturated heterocycles. The number of carbonyl (C=O) groups is 1. The van der Waals surface area contributed by atoms with E-state index >= 15 is 0 Å². The van der Waals surface area contributed by atoms with Crippen LogP contribution in [0.5, 0.6) is 0 Å². The number of fused-ring (bicyclic) bond motifs is 2. The highest BCUT2D eigenvalue weighted by molar-refractivity contribution is 6.03. The van der Waals surface area contributed by atoms with Gasteiger partial charge in [-0.25, -0.2) is 4.79 Å². The second kappa shape index (κ2) is 5.63. The molecule has 0 bridgehead atoms. The van der Waals surface area contributed by atoms with Gasteiger partial charge in [0.05, 0.1) is 30.8 Å². The number of carbonyl (C=O) groups excluding carboxylic acids is 1. The fourth-order valence-corrected chi connectivity index (χ4v) is 2.84. The average Bonchev–Trinajstić information content (AvgIpc) is 3.17. The molecule has 1 fully saturated rings. The van der Waals surface area contributed by atoms with E-state index in [9.17, 15) is 4.79 Å². The summed E-state index contributed by atoms with van der Waals surface area (Å²) >= 11 is 0. The summed E-state index contributed by atoms with van der Waals surface area (Å²) in [5.41, 5.74) is 8.96. The lowest BCUT2D eigenvalue weighted by molar-refractivity contribution is -0.0969. The molecule has 0 radical (unpaired) electrons. The van der Waals surface area contributed by atoms with Gasteiger partial charge in [-0.3, -0.25) is 4.99 Å². The van der Waals surface area contributed by atoms with Crippen LogP contribution in [0.4, 0.5) is 27.5 Å². The van der Waals surface area contributed by atoms with Crippen LogP contribution in [-0.2, 0) is 15.3 Å². The van der Waals surface area contributed by atoms with Crippen LogP contribution >= 0.6 is 0 Å². The van der Waals surface area contributed by atoms with Crippen LogP contribution in [0.3, 0.4) is 0 Å². The number of hydrogen-bond acceptors (Lipinski definition) is 5. The molecule has 2 aliphatic rings. The van der Waals surface area contributed by atoms with Gasteiger partial charge in [-0.1, -0.05) is 18.2 Å². The van der Waals surface area contributed by atoms with Crippen molar-refractivity contribution in [3.63, 3.8) is 0 Å². The highest BCUT2D eigenvalue weighted by Gasteiger charge is 2.43. The monoisotopic (exact) mass is 324 g/mol. The summed E-state index contributed by atoms with van der Waals surface area (Å²) in [4.78, 5) is 16.6. The van der Waals surface area contributed by atoms with E-state index in [0.717, 1.165) is 0 Å². The second-order valence-corrected chi connectivity index (χ2v) is 5.53. The molecule has 0 aliphatic carbocycles. The van der Waals surface area contributed by atoms with Gasteiger partial charge in [0.2, 0.25) is 5.79 Å². The van der Waals surface area contributed by atoms with Crippen molar-refractivity contribution in [2.75, 3.05) is 29.6 Å². The summed E-state index contributed by atoms with van der Waals surface area (Å²) in [5, 5.41) is 5.54. The number of amides is 2. The van der Waals surface area contributed by atoms with Crippen LogP contribution in [0.1, 0.15) is 5.56 Å². The molecule has 4 N–H and O–H groups in total. The van der Waals surface area contributed by atoms with Gasteiger partial charge in [0.25, 0.3) is 0 Å². The Labute approximate surface area is 138 Å². The lowest BCUT2D eigenvalue weighted by atomic mass is 10.0. The zero-order chi connectivity index (χ0) is 16.6. The van der Waals surface area contributed by atoms with Gasteiger partial charge in [-0.05, 0) is 24.3 Å². The summed E-state index contributed by atoms with van der Waals surface area (Å²) in [6.07, 6.45) is 1.60. The standard InChI is InChI=1S/C17H16N4O3/c18-11-8-13-15(19-10-17(13)23-6-7-24-17)14(9-11)21-16(22)20-12-4-2-1-3-5-12/h1-5,8-10H,6-7,18H2,(H2,20,21,22). The third-order valence-corrected chi connectivity index (χ3v) is 3.87. The Hall–Kier alpha value is -2.90. The molecule has 2 heterocycles. The van der Waals surface area contributed by atoms with E-state index in [4.69, 9.17) is 15.2 Å².